The van der Waals surface area contributed by atoms with Crippen LogP contribution >= 0.6 is 11.6 Å². The minimum absolute atomic E-state index is 0.779. The van der Waals surface area contributed by atoms with Crippen molar-refractivity contribution < 1.29 is 23.1 Å². The molecular weight excluding hydrogens is 457 g/mol. The minimum Gasteiger partial charge on any atom is -0.475 e. The maximum atomic E-state index is 10.6. The zero-order valence-corrected chi connectivity index (χ0v) is 18.7. The molecule has 2 N–H and O–H groups in total. The van der Waals surface area contributed by atoms with Gasteiger partial charge in [0.2, 0.25) is 0 Å². The molecule has 0 unspecified atom stereocenters. The molecule has 0 radical (unpaired) electrons. The number of hydrogen-bond donors (Lipinski definition) is 2. The Labute approximate surface area is 193 Å². The predicted octanol–water partition coefficient (Wildman–Crippen LogP) is 5.27. The number of carboxylic acids is 1. The number of aromatic nitrogens is 3. The van der Waals surface area contributed by atoms with Crippen molar-refractivity contribution >= 4 is 23.1 Å². The number of halogens is 4. The Hall–Kier alpha value is -3.17. The Bertz CT molecular complexity index is 1140. The first-order valence-corrected chi connectivity index (χ1v) is 10.4. The zero-order valence-electron chi connectivity index (χ0n) is 17.9. The van der Waals surface area contributed by atoms with Crippen LogP contribution in [0.25, 0.3) is 17.1 Å². The second kappa shape index (κ2) is 10.2. The van der Waals surface area contributed by atoms with E-state index in [-0.39, 0.29) is 0 Å². The average Bonchev–Trinajstić information content (AvgIpc) is 3.36. The number of H-pyrrole nitrogens is 1. The lowest BCUT2D eigenvalue weighted by Crippen LogP contribution is -2.21. The highest BCUT2D eigenvalue weighted by atomic mass is 35.5. The fraction of sp³-hybridized carbons (Fsp3) is 0.261. The lowest BCUT2D eigenvalue weighted by Gasteiger charge is -2.16. The Balaban J connectivity index is 0.000000383. The van der Waals surface area contributed by atoms with Crippen molar-refractivity contribution in [1.29, 1.82) is 0 Å². The van der Waals surface area contributed by atoms with E-state index in [0.29, 0.717) is 0 Å². The van der Waals surface area contributed by atoms with Gasteiger partial charge < -0.3 is 10.1 Å². The number of carbonyl (C=O) groups is 1. The molecule has 6 nitrogen and oxygen atoms in total. The van der Waals surface area contributed by atoms with E-state index in [0.717, 1.165) is 47.6 Å². The van der Waals surface area contributed by atoms with Crippen LogP contribution in [0.4, 0.5) is 13.2 Å². The molecule has 3 aromatic rings. The van der Waals surface area contributed by atoms with Crippen molar-refractivity contribution in [1.82, 2.24) is 19.9 Å². The molecule has 2 aromatic heterocycles. The molecule has 4 rings (SSSR count). The maximum Gasteiger partial charge on any atom is 0.490 e. The summed E-state index contributed by atoms with van der Waals surface area (Å²) in [4.78, 5) is 23.7. The maximum absolute atomic E-state index is 10.6. The van der Waals surface area contributed by atoms with Crippen LogP contribution in [0.5, 0.6) is 0 Å². The third kappa shape index (κ3) is 6.66. The number of aliphatic carboxylic acids is 1. The summed E-state index contributed by atoms with van der Waals surface area (Å²) in [6, 6.07) is 12.3. The molecule has 0 aliphatic carbocycles. The molecule has 0 saturated heterocycles. The fourth-order valence-electron chi connectivity index (χ4n) is 3.22. The van der Waals surface area contributed by atoms with E-state index in [1.165, 1.54) is 16.7 Å². The van der Waals surface area contributed by atoms with Crippen LogP contribution in [-0.4, -0.2) is 50.2 Å². The lowest BCUT2D eigenvalue weighted by molar-refractivity contribution is -0.192. The van der Waals surface area contributed by atoms with Gasteiger partial charge in [-0.3, -0.25) is 9.88 Å². The highest BCUT2D eigenvalue weighted by Gasteiger charge is 2.38. The molecule has 174 valence electrons. The quantitative estimate of drug-likeness (QED) is 0.533. The van der Waals surface area contributed by atoms with E-state index >= 15 is 0 Å². The number of benzene rings is 1. The molecule has 3 heterocycles. The van der Waals surface area contributed by atoms with Gasteiger partial charge in [0.05, 0.1) is 5.69 Å². The van der Waals surface area contributed by atoms with Gasteiger partial charge in [0, 0.05) is 36.5 Å². The minimum atomic E-state index is -5.08. The van der Waals surface area contributed by atoms with Gasteiger partial charge >= 0.3 is 12.1 Å². The topological polar surface area (TPSA) is 82.1 Å². The summed E-state index contributed by atoms with van der Waals surface area (Å²) in [5, 5.41) is 7.90. The molecule has 0 spiro atoms. The summed E-state index contributed by atoms with van der Waals surface area (Å²) in [5.74, 6) is -1.93. The van der Waals surface area contributed by atoms with Crippen LogP contribution in [0.1, 0.15) is 22.5 Å². The van der Waals surface area contributed by atoms with Gasteiger partial charge in [0.15, 0.2) is 5.82 Å². The SMILES string of the molecule is Cc1nc(-c2cc(C3=CCN(Cc4ccc(Cl)cc4)C3)ccn2)[nH]c1C.O=C(O)C(F)(F)F. The van der Waals surface area contributed by atoms with E-state index in [2.05, 4.69) is 50.2 Å². The first-order chi connectivity index (χ1) is 15.5. The first kappa shape index (κ1) is 24.5. The summed E-state index contributed by atoms with van der Waals surface area (Å²) in [5.41, 5.74) is 6.81. The van der Waals surface area contributed by atoms with Gasteiger partial charge in [0.25, 0.3) is 0 Å². The number of rotatable bonds is 4. The number of aromatic amines is 1. The van der Waals surface area contributed by atoms with Gasteiger partial charge in [-0.05, 0) is 54.8 Å². The molecule has 33 heavy (non-hydrogen) atoms. The number of alkyl halides is 3. The molecule has 0 fully saturated rings. The number of pyridine rings is 1. The van der Waals surface area contributed by atoms with E-state index in [1.54, 1.807) is 0 Å². The first-order valence-electron chi connectivity index (χ1n) is 9.99. The largest absolute Gasteiger partial charge is 0.490 e. The number of nitrogens with one attached hydrogen (secondary N) is 1. The zero-order chi connectivity index (χ0) is 24.2. The van der Waals surface area contributed by atoms with Crippen LogP contribution in [0, 0.1) is 13.8 Å². The highest BCUT2D eigenvalue weighted by molar-refractivity contribution is 6.30. The fourth-order valence-corrected chi connectivity index (χ4v) is 3.34. The Morgan fingerprint density at radius 3 is 2.45 bits per heavy atom. The summed E-state index contributed by atoms with van der Waals surface area (Å²) >= 11 is 5.97. The van der Waals surface area contributed by atoms with Crippen molar-refractivity contribution in [3.63, 3.8) is 0 Å². The van der Waals surface area contributed by atoms with E-state index in [1.807, 2.05) is 32.2 Å². The van der Waals surface area contributed by atoms with Gasteiger partial charge in [-0.15, -0.1) is 0 Å². The second-order valence-electron chi connectivity index (χ2n) is 7.55. The van der Waals surface area contributed by atoms with Crippen LogP contribution in [0.2, 0.25) is 5.02 Å². The van der Waals surface area contributed by atoms with Crippen molar-refractivity contribution in [3.8, 4) is 11.5 Å². The van der Waals surface area contributed by atoms with Gasteiger partial charge in [-0.2, -0.15) is 13.2 Å². The monoisotopic (exact) mass is 478 g/mol. The Morgan fingerprint density at radius 2 is 1.88 bits per heavy atom. The van der Waals surface area contributed by atoms with Crippen molar-refractivity contribution in [2.24, 2.45) is 0 Å². The number of aryl methyl sites for hydroxylation is 2. The van der Waals surface area contributed by atoms with E-state index in [9.17, 15) is 13.2 Å². The molecule has 10 heteroatoms. The van der Waals surface area contributed by atoms with Gasteiger partial charge in [0.1, 0.15) is 5.69 Å². The van der Waals surface area contributed by atoms with Crippen molar-refractivity contribution in [2.45, 2.75) is 26.6 Å². The van der Waals surface area contributed by atoms with Crippen LogP contribution in [0.15, 0.2) is 48.7 Å². The van der Waals surface area contributed by atoms with Gasteiger partial charge in [-0.25, -0.2) is 9.78 Å². The molecule has 0 bridgehead atoms. The van der Waals surface area contributed by atoms with E-state index < -0.39 is 12.1 Å². The van der Waals surface area contributed by atoms with Gasteiger partial charge in [-0.1, -0.05) is 29.8 Å². The molecule has 1 aromatic carbocycles. The summed E-state index contributed by atoms with van der Waals surface area (Å²) in [6.07, 6.45) is -0.922. The Morgan fingerprint density at radius 1 is 1.21 bits per heavy atom. The third-order valence-corrected chi connectivity index (χ3v) is 5.31. The molecule has 0 amide bonds. The average molecular weight is 479 g/mol. The number of nitrogens with zero attached hydrogens (tertiary/aromatic N) is 3. The Kier molecular flexibility index (Phi) is 7.55. The van der Waals surface area contributed by atoms with Crippen LogP contribution in [-0.2, 0) is 11.3 Å². The standard InChI is InChI=1S/C21H21ClN4.C2HF3O2/c1-14-15(2)25-21(24-14)20-11-17(7-9-23-20)18-8-10-26(13-18)12-16-3-5-19(22)6-4-16;3-2(4,5)1(6)7/h3-9,11H,10,12-13H2,1-2H3,(H,24,25);(H,6,7). The number of hydrogen-bond acceptors (Lipinski definition) is 4. The molecule has 1 aliphatic heterocycles. The van der Waals surface area contributed by atoms with Crippen LogP contribution < -0.4 is 0 Å². The molecular formula is C23H22ClF3N4O2. The summed E-state index contributed by atoms with van der Waals surface area (Å²) < 4.78 is 31.7. The predicted molar refractivity (Wildman–Crippen MR) is 120 cm³/mol. The molecule has 0 atom stereocenters. The molecule has 1 aliphatic rings. The lowest BCUT2D eigenvalue weighted by atomic mass is 10.1. The normalized spacial score (nSPS) is 13.9. The van der Waals surface area contributed by atoms with E-state index in [4.69, 9.17) is 21.5 Å². The summed E-state index contributed by atoms with van der Waals surface area (Å²) in [6.45, 7) is 6.85. The van der Waals surface area contributed by atoms with Crippen molar-refractivity contribution in [3.05, 3.63) is 76.2 Å². The third-order valence-electron chi connectivity index (χ3n) is 5.05. The summed E-state index contributed by atoms with van der Waals surface area (Å²) in [7, 11) is 0. The van der Waals surface area contributed by atoms with Crippen molar-refractivity contribution in [2.75, 3.05) is 13.1 Å². The second-order valence-corrected chi connectivity index (χ2v) is 7.99. The number of carboxylic acid groups (broad SMARTS) is 1. The smallest absolute Gasteiger partial charge is 0.475 e. The number of imidazole rings is 1. The molecule has 0 saturated carbocycles. The van der Waals surface area contributed by atoms with Crippen LogP contribution in [0.3, 0.4) is 0 Å². The highest BCUT2D eigenvalue weighted by Crippen LogP contribution is 2.25.